The largest absolute Gasteiger partial charge is 0.274 e. The van der Waals surface area contributed by atoms with Crippen molar-refractivity contribution in [2.75, 3.05) is 4.90 Å². The van der Waals surface area contributed by atoms with Gasteiger partial charge in [-0.15, -0.1) is 11.3 Å². The molecule has 2 fully saturated rings. The number of amides is 1. The van der Waals surface area contributed by atoms with Gasteiger partial charge in [0.25, 0.3) is 0 Å². The third-order valence-electron chi connectivity index (χ3n) is 6.86. The van der Waals surface area contributed by atoms with E-state index in [1.165, 1.54) is 25.7 Å². The fourth-order valence-corrected chi connectivity index (χ4v) is 6.64. The van der Waals surface area contributed by atoms with Crippen LogP contribution in [0.1, 0.15) is 43.2 Å². The highest BCUT2D eigenvalue weighted by Gasteiger charge is 2.41. The highest BCUT2D eigenvalue weighted by molar-refractivity contribution is 9.10. The van der Waals surface area contributed by atoms with Gasteiger partial charge in [-0.05, 0) is 86.3 Å². The van der Waals surface area contributed by atoms with E-state index in [9.17, 15) is 4.79 Å². The maximum atomic E-state index is 13.7. The van der Waals surface area contributed by atoms with Crippen molar-refractivity contribution in [1.29, 1.82) is 0 Å². The van der Waals surface area contributed by atoms with Crippen LogP contribution in [0, 0.1) is 31.6 Å². The molecule has 1 heterocycles. The summed E-state index contributed by atoms with van der Waals surface area (Å²) in [7, 11) is 0. The Labute approximate surface area is 196 Å². The molecule has 0 N–H and O–H groups in total. The number of aryl methyl sites for hydroxylation is 2. The van der Waals surface area contributed by atoms with Crippen LogP contribution in [0.4, 0.5) is 10.8 Å². The number of anilines is 2. The van der Waals surface area contributed by atoms with Crippen LogP contribution in [0.2, 0.25) is 0 Å². The van der Waals surface area contributed by atoms with Crippen molar-refractivity contribution in [2.24, 2.45) is 17.8 Å². The lowest BCUT2D eigenvalue weighted by Gasteiger charge is -2.26. The van der Waals surface area contributed by atoms with Crippen molar-refractivity contribution < 1.29 is 4.79 Å². The van der Waals surface area contributed by atoms with Crippen LogP contribution in [0.15, 0.2) is 52.3 Å². The Hall–Kier alpha value is -1.98. The van der Waals surface area contributed by atoms with Gasteiger partial charge in [-0.1, -0.05) is 40.5 Å². The lowest BCUT2D eigenvalue weighted by atomic mass is 9.86. The number of fused-ring (bicyclic) bond motifs is 2. The van der Waals surface area contributed by atoms with Crippen molar-refractivity contribution in [1.82, 2.24) is 4.98 Å². The number of carbonyl (C=O) groups is 1. The first-order valence-corrected chi connectivity index (χ1v) is 12.8. The van der Waals surface area contributed by atoms with Gasteiger partial charge >= 0.3 is 0 Å². The molecule has 3 unspecified atom stereocenters. The lowest BCUT2D eigenvalue weighted by Crippen LogP contribution is -2.29. The number of halogens is 1. The summed E-state index contributed by atoms with van der Waals surface area (Å²) < 4.78 is 1.05. The van der Waals surface area contributed by atoms with Gasteiger partial charge < -0.3 is 0 Å². The summed E-state index contributed by atoms with van der Waals surface area (Å²) >= 11 is 5.04. The van der Waals surface area contributed by atoms with Crippen molar-refractivity contribution in [2.45, 2.75) is 46.0 Å². The van der Waals surface area contributed by atoms with Crippen molar-refractivity contribution >= 4 is 44.0 Å². The van der Waals surface area contributed by atoms with Gasteiger partial charge in [0, 0.05) is 21.8 Å². The first-order chi connectivity index (χ1) is 15.0. The van der Waals surface area contributed by atoms with Gasteiger partial charge in [-0.2, -0.15) is 0 Å². The summed E-state index contributed by atoms with van der Waals surface area (Å²) in [4.78, 5) is 20.4. The van der Waals surface area contributed by atoms with Gasteiger partial charge in [-0.3, -0.25) is 9.69 Å². The lowest BCUT2D eigenvalue weighted by molar-refractivity contribution is -0.119. The second-order valence-corrected chi connectivity index (χ2v) is 11.0. The smallest absolute Gasteiger partial charge is 0.233 e. The summed E-state index contributed by atoms with van der Waals surface area (Å²) in [6.07, 6.45) is 5.84. The highest BCUT2D eigenvalue weighted by Crippen LogP contribution is 2.50. The second-order valence-electron chi connectivity index (χ2n) is 9.24. The molecule has 2 aromatic carbocycles. The number of aromatic nitrogens is 1. The van der Waals surface area contributed by atoms with Gasteiger partial charge in [0.1, 0.15) is 0 Å². The maximum absolute atomic E-state index is 13.7. The molecule has 3 nitrogen and oxygen atoms in total. The molecule has 2 bridgehead atoms. The van der Waals surface area contributed by atoms with Crippen molar-refractivity contribution in [3.8, 4) is 11.3 Å². The predicted octanol–water partition coefficient (Wildman–Crippen LogP) is 7.68. The van der Waals surface area contributed by atoms with Crippen LogP contribution >= 0.6 is 27.3 Å². The Morgan fingerprint density at radius 2 is 1.84 bits per heavy atom. The monoisotopic (exact) mass is 494 g/mol. The number of benzene rings is 2. The van der Waals surface area contributed by atoms with Gasteiger partial charge in [0.2, 0.25) is 5.91 Å². The molecule has 2 aliphatic rings. The fraction of sp³-hybridized carbons (Fsp3) is 0.385. The molecule has 0 aliphatic heterocycles. The minimum atomic E-state index is 0.180. The van der Waals surface area contributed by atoms with E-state index in [4.69, 9.17) is 4.98 Å². The second kappa shape index (κ2) is 8.51. The molecule has 2 aliphatic carbocycles. The maximum Gasteiger partial charge on any atom is 0.233 e. The highest BCUT2D eigenvalue weighted by atomic mass is 79.9. The standard InChI is InChI=1S/C26H27BrN2OS/c1-16-9-17(2)11-23(10-16)29(25(30)14-21-13-18-3-4-20(21)12-18)26-28-24(15-31-26)19-5-7-22(27)8-6-19/h5-11,15,18,20-21H,3-4,12-14H2,1-2H3. The molecule has 0 saturated heterocycles. The molecular formula is C26H27BrN2OS. The average Bonchev–Trinajstić information content (AvgIpc) is 3.45. The Morgan fingerprint density at radius 1 is 1.10 bits per heavy atom. The molecule has 3 aromatic rings. The first kappa shape index (κ1) is 20.9. The SMILES string of the molecule is Cc1cc(C)cc(N(C(=O)CC2CC3CCC2C3)c2nc(-c3ccc(Br)cc3)cs2)c1. The zero-order valence-corrected chi connectivity index (χ0v) is 20.4. The van der Waals surface area contributed by atoms with E-state index in [-0.39, 0.29) is 5.91 Å². The third kappa shape index (κ3) is 4.35. The molecule has 1 amide bonds. The Bertz CT molecular complexity index is 1090. The number of rotatable bonds is 5. The third-order valence-corrected chi connectivity index (χ3v) is 8.21. The van der Waals surface area contributed by atoms with E-state index in [0.717, 1.165) is 49.5 Å². The van der Waals surface area contributed by atoms with Crippen molar-refractivity contribution in [3.05, 3.63) is 63.4 Å². The van der Waals surface area contributed by atoms with Crippen LogP contribution in [-0.4, -0.2) is 10.9 Å². The number of thiazole rings is 1. The zero-order valence-electron chi connectivity index (χ0n) is 18.0. The molecule has 5 heteroatoms. The van der Waals surface area contributed by atoms with E-state index in [0.29, 0.717) is 12.3 Å². The predicted molar refractivity (Wildman–Crippen MR) is 132 cm³/mol. The summed E-state index contributed by atoms with van der Waals surface area (Å²) in [6, 6.07) is 14.5. The van der Waals surface area contributed by atoms with E-state index in [2.05, 4.69) is 65.5 Å². The average molecular weight is 495 g/mol. The first-order valence-electron chi connectivity index (χ1n) is 11.1. The Kier molecular flexibility index (Phi) is 5.74. The summed E-state index contributed by atoms with van der Waals surface area (Å²) in [5.74, 6) is 2.30. The summed E-state index contributed by atoms with van der Waals surface area (Å²) in [5, 5.41) is 2.81. The molecule has 0 spiro atoms. The molecule has 5 rings (SSSR count). The van der Waals surface area contributed by atoms with Crippen LogP contribution < -0.4 is 4.90 Å². The van der Waals surface area contributed by atoms with E-state index in [1.807, 2.05) is 17.0 Å². The molecule has 3 atom stereocenters. The fourth-order valence-electron chi connectivity index (χ4n) is 5.50. The molecule has 1 aromatic heterocycles. The molecule has 31 heavy (non-hydrogen) atoms. The Balaban J connectivity index is 1.48. The number of carbonyl (C=O) groups excluding carboxylic acids is 1. The molecule has 0 radical (unpaired) electrons. The summed E-state index contributed by atoms with van der Waals surface area (Å²) in [5.41, 5.74) is 5.23. The number of hydrogen-bond donors (Lipinski definition) is 0. The normalized spacial score (nSPS) is 22.1. The molecule has 2 saturated carbocycles. The minimum absolute atomic E-state index is 0.180. The van der Waals surface area contributed by atoms with Crippen molar-refractivity contribution in [3.63, 3.8) is 0 Å². The van der Waals surface area contributed by atoms with E-state index >= 15 is 0 Å². The van der Waals surface area contributed by atoms with Crippen LogP contribution in [0.3, 0.4) is 0 Å². The van der Waals surface area contributed by atoms with Gasteiger partial charge in [0.05, 0.1) is 11.4 Å². The van der Waals surface area contributed by atoms with Crippen LogP contribution in [0.25, 0.3) is 11.3 Å². The van der Waals surface area contributed by atoms with Gasteiger partial charge in [0.15, 0.2) is 5.13 Å². The Morgan fingerprint density at radius 3 is 2.48 bits per heavy atom. The van der Waals surface area contributed by atoms with E-state index < -0.39 is 0 Å². The van der Waals surface area contributed by atoms with Crippen LogP contribution in [0.5, 0.6) is 0 Å². The number of nitrogens with zero attached hydrogens (tertiary/aromatic N) is 2. The quantitative estimate of drug-likeness (QED) is 0.364. The van der Waals surface area contributed by atoms with Crippen LogP contribution in [-0.2, 0) is 4.79 Å². The van der Waals surface area contributed by atoms with E-state index in [1.54, 1.807) is 11.3 Å². The van der Waals surface area contributed by atoms with Gasteiger partial charge in [-0.25, -0.2) is 4.98 Å². The molecular weight excluding hydrogens is 468 g/mol. The number of hydrogen-bond acceptors (Lipinski definition) is 3. The molecule has 160 valence electrons. The minimum Gasteiger partial charge on any atom is -0.274 e. The zero-order chi connectivity index (χ0) is 21.5. The topological polar surface area (TPSA) is 33.2 Å². The summed E-state index contributed by atoms with van der Waals surface area (Å²) in [6.45, 7) is 4.17.